The molecule has 6 heteroatoms. The molecule has 0 aliphatic heterocycles. The van der Waals surface area contributed by atoms with Gasteiger partial charge in [0.05, 0.1) is 16.2 Å². The number of unbranched alkanes of at least 4 members (excludes halogenated alkanes) is 5. The first-order valence-electron chi connectivity index (χ1n) is 8.54. The zero-order chi connectivity index (χ0) is 16.1. The summed E-state index contributed by atoms with van der Waals surface area (Å²) in [6.45, 7) is 4.20. The van der Waals surface area contributed by atoms with Crippen molar-refractivity contribution in [1.29, 1.82) is 0 Å². The van der Waals surface area contributed by atoms with Gasteiger partial charge in [0, 0.05) is 5.25 Å². The molecule has 0 aromatic carbocycles. The van der Waals surface area contributed by atoms with E-state index in [0.29, 0.717) is 25.7 Å². The van der Waals surface area contributed by atoms with Crippen molar-refractivity contribution in [2.24, 2.45) is 0 Å². The average molecular weight is 361 g/mol. The number of aliphatic hydroxyl groups is 1. The van der Waals surface area contributed by atoms with Gasteiger partial charge in [0.15, 0.2) is 0 Å². The van der Waals surface area contributed by atoms with Crippen molar-refractivity contribution in [3.05, 3.63) is 0 Å². The second-order valence-electron chi connectivity index (χ2n) is 6.04. The van der Waals surface area contributed by atoms with Crippen molar-refractivity contribution in [3.63, 3.8) is 0 Å². The Bertz CT molecular complexity index is 333. The Balaban J connectivity index is 0. The van der Waals surface area contributed by atoms with Crippen molar-refractivity contribution in [2.75, 3.05) is 0 Å². The Kier molecular flexibility index (Phi) is 18.7. The molecule has 2 atom stereocenters. The maximum atomic E-state index is 11.3. The zero-order valence-electron chi connectivity index (χ0n) is 14.7. The van der Waals surface area contributed by atoms with E-state index < -0.39 is 15.4 Å². The molecule has 0 amide bonds. The second kappa shape index (κ2) is 16.0. The Morgan fingerprint density at radius 1 is 0.818 bits per heavy atom. The summed E-state index contributed by atoms with van der Waals surface area (Å²) in [5.74, 6) is 0. The topological polar surface area (TPSA) is 77.4 Å². The molecule has 4 nitrogen and oxygen atoms in total. The van der Waals surface area contributed by atoms with Crippen LogP contribution in [-0.4, -0.2) is 29.4 Å². The molecular formula is C16H33KO4S. The van der Waals surface area contributed by atoms with Crippen LogP contribution in [0.25, 0.3) is 0 Å². The summed E-state index contributed by atoms with van der Waals surface area (Å²) in [4.78, 5) is 0. The van der Waals surface area contributed by atoms with Gasteiger partial charge in [0.1, 0.15) is 0 Å². The molecule has 1 N–H and O–H groups in total. The molecule has 128 valence electrons. The molecule has 0 fully saturated rings. The summed E-state index contributed by atoms with van der Waals surface area (Å²) < 4.78 is 33.8. The van der Waals surface area contributed by atoms with Crippen LogP contribution in [0.3, 0.4) is 0 Å². The molecule has 0 aromatic rings. The molecule has 0 aromatic heterocycles. The van der Waals surface area contributed by atoms with Gasteiger partial charge in [-0.25, -0.2) is 8.42 Å². The summed E-state index contributed by atoms with van der Waals surface area (Å²) in [6, 6.07) is 0. The van der Waals surface area contributed by atoms with Crippen LogP contribution in [0, 0.1) is 0 Å². The third-order valence-corrected chi connectivity index (χ3v) is 5.28. The SMILES string of the molecule is CCCCCCC(CCCCC(O)CCCC)S(=O)(=O)[O-].[K+]. The van der Waals surface area contributed by atoms with Gasteiger partial charge in [-0.05, 0) is 25.7 Å². The molecule has 22 heavy (non-hydrogen) atoms. The minimum Gasteiger partial charge on any atom is -0.748 e. The molecule has 0 aliphatic rings. The monoisotopic (exact) mass is 360 g/mol. The first-order valence-corrected chi connectivity index (χ1v) is 10.0. The molecule has 0 radical (unpaired) electrons. The van der Waals surface area contributed by atoms with Gasteiger partial charge in [-0.2, -0.15) is 0 Å². The van der Waals surface area contributed by atoms with Gasteiger partial charge in [0.2, 0.25) is 0 Å². The molecule has 0 heterocycles. The number of rotatable bonds is 14. The van der Waals surface area contributed by atoms with E-state index in [1.165, 1.54) is 0 Å². The molecule has 0 spiro atoms. The molecule has 0 aliphatic carbocycles. The van der Waals surface area contributed by atoms with Crippen LogP contribution in [-0.2, 0) is 10.1 Å². The fraction of sp³-hybridized carbons (Fsp3) is 1.00. The smallest absolute Gasteiger partial charge is 0.748 e. The minimum atomic E-state index is -4.18. The maximum Gasteiger partial charge on any atom is 1.00 e. The third kappa shape index (κ3) is 15.1. The van der Waals surface area contributed by atoms with Gasteiger partial charge in [-0.1, -0.05) is 65.2 Å². The quantitative estimate of drug-likeness (QED) is 0.285. The number of hydrogen-bond donors (Lipinski definition) is 1. The summed E-state index contributed by atoms with van der Waals surface area (Å²) in [5, 5.41) is 8.99. The van der Waals surface area contributed by atoms with Gasteiger partial charge in [-0.15, -0.1) is 0 Å². The van der Waals surface area contributed by atoms with Gasteiger partial charge in [0.25, 0.3) is 0 Å². The van der Waals surface area contributed by atoms with Crippen LogP contribution < -0.4 is 51.4 Å². The van der Waals surface area contributed by atoms with Crippen molar-refractivity contribution in [2.45, 2.75) is 102 Å². The second-order valence-corrected chi connectivity index (χ2v) is 7.70. The Morgan fingerprint density at radius 2 is 1.27 bits per heavy atom. The number of aliphatic hydroxyl groups excluding tert-OH is 1. The van der Waals surface area contributed by atoms with Gasteiger partial charge in [-0.3, -0.25) is 0 Å². The van der Waals surface area contributed by atoms with Crippen molar-refractivity contribution in [1.82, 2.24) is 0 Å². The van der Waals surface area contributed by atoms with Crippen LogP contribution in [0.1, 0.15) is 90.9 Å². The minimum absolute atomic E-state index is 0. The largest absolute Gasteiger partial charge is 1.00 e. The summed E-state index contributed by atoms with van der Waals surface area (Å²) in [6.07, 6.45) is 9.80. The van der Waals surface area contributed by atoms with E-state index >= 15 is 0 Å². The van der Waals surface area contributed by atoms with E-state index in [1.54, 1.807) is 0 Å². The molecule has 2 unspecified atom stereocenters. The molecule has 0 rings (SSSR count). The van der Waals surface area contributed by atoms with Crippen molar-refractivity contribution >= 4 is 10.1 Å². The van der Waals surface area contributed by atoms with E-state index in [9.17, 15) is 18.1 Å². The molecular weight excluding hydrogens is 327 g/mol. The maximum absolute atomic E-state index is 11.3. The predicted molar refractivity (Wildman–Crippen MR) is 86.2 cm³/mol. The van der Waals surface area contributed by atoms with E-state index in [-0.39, 0.29) is 57.5 Å². The van der Waals surface area contributed by atoms with E-state index in [2.05, 4.69) is 13.8 Å². The Labute approximate surface area is 180 Å². The summed E-state index contributed by atoms with van der Waals surface area (Å²) in [5.41, 5.74) is 0. The van der Waals surface area contributed by atoms with Crippen LogP contribution >= 0.6 is 0 Å². The van der Waals surface area contributed by atoms with Crippen LogP contribution in [0.4, 0.5) is 0 Å². The fourth-order valence-electron chi connectivity index (χ4n) is 2.57. The first-order chi connectivity index (χ1) is 9.91. The molecule has 0 saturated heterocycles. The fourth-order valence-corrected chi connectivity index (χ4v) is 3.48. The number of hydrogen-bond acceptors (Lipinski definition) is 4. The van der Waals surface area contributed by atoms with E-state index in [0.717, 1.165) is 51.4 Å². The van der Waals surface area contributed by atoms with Gasteiger partial charge < -0.3 is 9.66 Å². The van der Waals surface area contributed by atoms with Crippen LogP contribution in [0.15, 0.2) is 0 Å². The Hall–Kier alpha value is 1.51. The Morgan fingerprint density at radius 3 is 1.77 bits per heavy atom. The standard InChI is InChI=1S/C16H34O4S.K/c1-3-5-7-8-13-16(21(18,19)20)14-10-9-12-15(17)11-6-4-2;/h15-17H,3-14H2,1-2H3,(H,18,19,20);/q;+1/p-1. The first kappa shape index (κ1) is 25.7. The van der Waals surface area contributed by atoms with Crippen molar-refractivity contribution < 1.29 is 69.5 Å². The summed E-state index contributed by atoms with van der Waals surface area (Å²) in [7, 11) is -4.18. The summed E-state index contributed by atoms with van der Waals surface area (Å²) >= 11 is 0. The molecule has 0 saturated carbocycles. The van der Waals surface area contributed by atoms with Crippen LogP contribution in [0.5, 0.6) is 0 Å². The van der Waals surface area contributed by atoms with E-state index in [1.807, 2.05) is 0 Å². The van der Waals surface area contributed by atoms with E-state index in [4.69, 9.17) is 0 Å². The zero-order valence-corrected chi connectivity index (χ0v) is 18.7. The molecule has 0 bridgehead atoms. The normalized spacial score (nSPS) is 14.4. The third-order valence-electron chi connectivity index (χ3n) is 3.99. The predicted octanol–water partition coefficient (Wildman–Crippen LogP) is 0.986. The van der Waals surface area contributed by atoms with Crippen LogP contribution in [0.2, 0.25) is 0 Å². The van der Waals surface area contributed by atoms with Gasteiger partial charge >= 0.3 is 51.4 Å². The average Bonchev–Trinajstić information content (AvgIpc) is 2.41. The van der Waals surface area contributed by atoms with Crippen molar-refractivity contribution in [3.8, 4) is 0 Å².